The third-order valence-corrected chi connectivity index (χ3v) is 11.4. The number of halogens is 1. The van der Waals surface area contributed by atoms with Gasteiger partial charge in [0.05, 0.1) is 0 Å². The average Bonchev–Trinajstić information content (AvgIpc) is 3.34. The number of rotatable bonds is 11. The summed E-state index contributed by atoms with van der Waals surface area (Å²) in [7, 11) is -4.22. The highest BCUT2D eigenvalue weighted by Gasteiger charge is 2.74. The van der Waals surface area contributed by atoms with Crippen molar-refractivity contribution in [1.82, 2.24) is 10.0 Å². The second-order valence-electron chi connectivity index (χ2n) is 10.8. The maximum Gasteiger partial charge on any atom is 0.517 e. The minimum Gasteiger partial charge on any atom is -0.480 e. The zero-order chi connectivity index (χ0) is 30.7. The Morgan fingerprint density at radius 1 is 1.00 bits per heavy atom. The lowest BCUT2D eigenvalue weighted by Crippen LogP contribution is -2.48. The van der Waals surface area contributed by atoms with Crippen LogP contribution in [0.2, 0.25) is 5.02 Å². The number of hydrogen-bond donors (Lipinski definition) is 3. The lowest BCUT2D eigenvalue weighted by Gasteiger charge is -2.24. The number of sulfonamides is 1. The molecule has 0 unspecified atom stereocenters. The van der Waals surface area contributed by atoms with Crippen molar-refractivity contribution in [2.45, 2.75) is 66.2 Å². The number of alkyl carbamates (subject to hydrolysis) is 1. The van der Waals surface area contributed by atoms with E-state index in [9.17, 15) is 27.9 Å². The van der Waals surface area contributed by atoms with Gasteiger partial charge in [0, 0.05) is 21.9 Å². The number of amides is 1. The third kappa shape index (κ3) is 6.72. The fourth-order valence-electron chi connectivity index (χ4n) is 5.79. The highest BCUT2D eigenvalue weighted by molar-refractivity contribution is 7.91. The van der Waals surface area contributed by atoms with Gasteiger partial charge in [-0.25, -0.2) is 18.0 Å². The van der Waals surface area contributed by atoms with Crippen molar-refractivity contribution >= 4 is 51.2 Å². The average molecular weight is 647 g/mol. The van der Waals surface area contributed by atoms with Crippen LogP contribution in [0.5, 0.6) is 0 Å². The Morgan fingerprint density at radius 2 is 1.70 bits per heavy atom. The molecule has 3 aromatic rings. The summed E-state index contributed by atoms with van der Waals surface area (Å²) in [6.45, 7) is 0.0714. The van der Waals surface area contributed by atoms with Crippen molar-refractivity contribution in [3.8, 4) is 10.4 Å². The van der Waals surface area contributed by atoms with E-state index in [0.29, 0.717) is 15.5 Å². The normalized spacial score (nSPS) is 21.7. The van der Waals surface area contributed by atoms with Crippen LogP contribution in [0.4, 0.5) is 9.59 Å². The molecule has 1 aromatic heterocycles. The van der Waals surface area contributed by atoms with Crippen LogP contribution in [0, 0.1) is 0 Å². The summed E-state index contributed by atoms with van der Waals surface area (Å²) >= 11 is 7.00. The number of aliphatic carboxylic acids is 1. The lowest BCUT2D eigenvalue weighted by atomic mass is 9.86. The number of nitrogens with one attached hydrogen (secondary N) is 2. The summed E-state index contributed by atoms with van der Waals surface area (Å²) in [5.41, 5.74) is -1.43. The fraction of sp³-hybridized carbons (Fsp3) is 0.367. The topological polar surface area (TPSA) is 148 Å². The number of carbonyl (C=O) groups is 3. The Kier molecular flexibility index (Phi) is 9.12. The van der Waals surface area contributed by atoms with Gasteiger partial charge in [0.25, 0.3) is 10.0 Å². The predicted octanol–water partition coefficient (Wildman–Crippen LogP) is 6.10. The second-order valence-corrected chi connectivity index (χ2v) is 14.2. The van der Waals surface area contributed by atoms with Crippen LogP contribution >= 0.6 is 22.9 Å². The molecule has 5 rings (SSSR count). The molecule has 43 heavy (non-hydrogen) atoms. The molecule has 1 heterocycles. The summed E-state index contributed by atoms with van der Waals surface area (Å²) in [6, 6.07) is 18.9. The van der Waals surface area contributed by atoms with Gasteiger partial charge in [0.1, 0.15) is 15.9 Å². The largest absolute Gasteiger partial charge is 0.517 e. The summed E-state index contributed by atoms with van der Waals surface area (Å²) in [5.74, 6) is -1.29. The van der Waals surface area contributed by atoms with Crippen molar-refractivity contribution in [2.24, 2.45) is 0 Å². The third-order valence-electron chi connectivity index (χ3n) is 8.02. The SMILES string of the molecule is O=C(NCCC[C@@]1(c2ccccc2)C[C@]1(NS(=O)(=O)c1ccc(-c2ccc(Cl)cc2)s1)C(=O)O)OC(=O)OC1CCCC1. The first-order chi connectivity index (χ1) is 20.5. The fourth-order valence-corrected chi connectivity index (χ4v) is 8.65. The van der Waals surface area contributed by atoms with Gasteiger partial charge in [-0.05, 0) is 80.3 Å². The van der Waals surface area contributed by atoms with E-state index in [1.54, 1.807) is 60.7 Å². The van der Waals surface area contributed by atoms with E-state index in [-0.39, 0.29) is 36.1 Å². The number of ether oxygens (including phenoxy) is 2. The Morgan fingerprint density at radius 3 is 2.37 bits per heavy atom. The number of thiophene rings is 1. The maximum atomic E-state index is 13.6. The number of hydrogen-bond acceptors (Lipinski definition) is 8. The molecule has 0 spiro atoms. The molecule has 10 nitrogen and oxygen atoms in total. The van der Waals surface area contributed by atoms with Crippen LogP contribution in [-0.2, 0) is 29.7 Å². The summed E-state index contributed by atoms with van der Waals surface area (Å²) in [4.78, 5) is 37.4. The minimum atomic E-state index is -4.22. The van der Waals surface area contributed by atoms with Crippen molar-refractivity contribution in [3.63, 3.8) is 0 Å². The molecule has 0 bridgehead atoms. The van der Waals surface area contributed by atoms with E-state index in [2.05, 4.69) is 14.8 Å². The molecule has 13 heteroatoms. The number of carboxylic acid groups (broad SMARTS) is 1. The van der Waals surface area contributed by atoms with E-state index in [0.717, 1.165) is 42.6 Å². The zero-order valence-corrected chi connectivity index (χ0v) is 25.5. The molecule has 0 radical (unpaired) electrons. The molecule has 228 valence electrons. The molecular formula is C30H31ClN2O8S2. The van der Waals surface area contributed by atoms with Crippen molar-refractivity contribution in [1.29, 1.82) is 0 Å². The van der Waals surface area contributed by atoms with Gasteiger partial charge in [-0.1, -0.05) is 54.1 Å². The highest BCUT2D eigenvalue weighted by atomic mass is 35.5. The predicted molar refractivity (Wildman–Crippen MR) is 161 cm³/mol. The molecule has 2 saturated carbocycles. The molecule has 2 aromatic carbocycles. The van der Waals surface area contributed by atoms with Crippen LogP contribution in [0.25, 0.3) is 10.4 Å². The van der Waals surface area contributed by atoms with Crippen LogP contribution in [0.3, 0.4) is 0 Å². The van der Waals surface area contributed by atoms with Crippen LogP contribution in [0.1, 0.15) is 50.5 Å². The van der Waals surface area contributed by atoms with Gasteiger partial charge < -0.3 is 19.9 Å². The standard InChI is InChI=1S/C30H31ClN2O8S2/c31-22-13-11-20(12-14-22)24-15-16-25(42-24)43(38,39)33-30(26(34)35)19-29(30,21-7-2-1-3-8-21)17-6-18-32-27(36)41-28(37)40-23-9-4-5-10-23/h1-3,7-8,11-16,23,33H,4-6,9-10,17-19H2,(H,32,36)(H,34,35)/t29-,30-/m0/s1. The Balaban J connectivity index is 1.27. The quantitative estimate of drug-likeness (QED) is 0.129. The van der Waals surface area contributed by atoms with Gasteiger partial charge in [0.2, 0.25) is 0 Å². The number of carboxylic acids is 1. The van der Waals surface area contributed by atoms with Crippen molar-refractivity contribution in [2.75, 3.05) is 6.54 Å². The first-order valence-corrected chi connectivity index (χ1v) is 16.6. The monoisotopic (exact) mass is 646 g/mol. The Labute approximate surface area is 258 Å². The van der Waals surface area contributed by atoms with Crippen molar-refractivity contribution in [3.05, 3.63) is 77.3 Å². The van der Waals surface area contributed by atoms with Crippen molar-refractivity contribution < 1.29 is 37.4 Å². The Hall–Kier alpha value is -3.45. The first kappa shape index (κ1) is 31.0. The molecule has 3 N–H and O–H groups in total. The van der Waals surface area contributed by atoms with Gasteiger partial charge in [-0.2, -0.15) is 4.72 Å². The van der Waals surface area contributed by atoms with Gasteiger partial charge >= 0.3 is 18.2 Å². The summed E-state index contributed by atoms with van der Waals surface area (Å²) in [6.07, 6.45) is 1.67. The molecule has 0 aliphatic heterocycles. The molecule has 2 atom stereocenters. The Bertz CT molecular complexity index is 1590. The van der Waals surface area contributed by atoms with E-state index >= 15 is 0 Å². The van der Waals surface area contributed by atoms with E-state index in [1.807, 2.05) is 0 Å². The van der Waals surface area contributed by atoms with Crippen LogP contribution in [-0.4, -0.2) is 49.9 Å². The van der Waals surface area contributed by atoms with Gasteiger partial charge in [-0.15, -0.1) is 11.3 Å². The van der Waals surface area contributed by atoms with E-state index < -0.39 is 39.2 Å². The molecule has 2 aliphatic carbocycles. The number of carbonyl (C=O) groups excluding carboxylic acids is 2. The summed E-state index contributed by atoms with van der Waals surface area (Å²) < 4.78 is 39.4. The smallest absolute Gasteiger partial charge is 0.480 e. The minimum absolute atomic E-state index is 0.0131. The molecule has 0 saturated heterocycles. The zero-order valence-electron chi connectivity index (χ0n) is 23.1. The maximum absolute atomic E-state index is 13.6. The molecule has 1 amide bonds. The second kappa shape index (κ2) is 12.7. The van der Waals surface area contributed by atoms with Gasteiger partial charge in [-0.3, -0.25) is 4.79 Å². The van der Waals surface area contributed by atoms with Crippen LogP contribution in [0.15, 0.2) is 70.9 Å². The first-order valence-electron chi connectivity index (χ1n) is 13.9. The van der Waals surface area contributed by atoms with Crippen LogP contribution < -0.4 is 10.0 Å². The molecule has 2 fully saturated rings. The molecular weight excluding hydrogens is 616 g/mol. The lowest BCUT2D eigenvalue weighted by molar-refractivity contribution is -0.140. The highest BCUT2D eigenvalue weighted by Crippen LogP contribution is 2.61. The number of benzene rings is 2. The molecule has 2 aliphatic rings. The van der Waals surface area contributed by atoms with E-state index in [1.165, 1.54) is 6.07 Å². The van der Waals surface area contributed by atoms with Gasteiger partial charge in [0.15, 0.2) is 0 Å². The summed E-state index contributed by atoms with van der Waals surface area (Å²) in [5, 5.41) is 13.4. The van der Waals surface area contributed by atoms with E-state index in [4.69, 9.17) is 16.3 Å².